The van der Waals surface area contributed by atoms with Crippen LogP contribution in [0, 0.1) is 6.92 Å². The van der Waals surface area contributed by atoms with Crippen molar-refractivity contribution in [2.75, 3.05) is 18.5 Å². The van der Waals surface area contributed by atoms with Crippen molar-refractivity contribution in [3.05, 3.63) is 27.2 Å². The monoisotopic (exact) mass is 305 g/mol. The molecule has 1 atom stereocenters. The van der Waals surface area contributed by atoms with E-state index in [1.165, 1.54) is 0 Å². The number of halogens is 2. The van der Waals surface area contributed by atoms with E-state index in [1.807, 2.05) is 26.0 Å². The van der Waals surface area contributed by atoms with Crippen molar-refractivity contribution in [2.45, 2.75) is 26.8 Å². The Kier molecular flexibility index (Phi) is 5.59. The number of hydrogen-bond donors (Lipinski definition) is 1. The SMILES string of the molecule is CCOCC(C)Nc1cc(Cl)c(C)cc1Br. The number of benzene rings is 1. The summed E-state index contributed by atoms with van der Waals surface area (Å²) in [5.74, 6) is 0. The van der Waals surface area contributed by atoms with E-state index >= 15 is 0 Å². The van der Waals surface area contributed by atoms with Crippen molar-refractivity contribution in [2.24, 2.45) is 0 Å². The van der Waals surface area contributed by atoms with Crippen molar-refractivity contribution in [1.82, 2.24) is 0 Å². The van der Waals surface area contributed by atoms with Gasteiger partial charge in [0.2, 0.25) is 0 Å². The first kappa shape index (κ1) is 13.8. The predicted molar refractivity (Wildman–Crippen MR) is 73.5 cm³/mol. The molecular formula is C12H17BrClNO. The molecule has 0 radical (unpaired) electrons. The van der Waals surface area contributed by atoms with E-state index in [9.17, 15) is 0 Å². The van der Waals surface area contributed by atoms with Crippen molar-refractivity contribution in [3.63, 3.8) is 0 Å². The number of ether oxygens (including phenoxy) is 1. The minimum Gasteiger partial charge on any atom is -0.380 e. The van der Waals surface area contributed by atoms with Gasteiger partial charge in [-0.15, -0.1) is 0 Å². The predicted octanol–water partition coefficient (Wildman–Crippen LogP) is 4.25. The molecule has 0 bridgehead atoms. The molecule has 0 aromatic heterocycles. The van der Waals surface area contributed by atoms with Crippen molar-refractivity contribution in [1.29, 1.82) is 0 Å². The molecule has 0 spiro atoms. The molecule has 0 heterocycles. The second kappa shape index (κ2) is 6.48. The van der Waals surface area contributed by atoms with Crippen LogP contribution in [0.4, 0.5) is 5.69 Å². The van der Waals surface area contributed by atoms with Crippen LogP contribution in [0.25, 0.3) is 0 Å². The van der Waals surface area contributed by atoms with Gasteiger partial charge in [-0.3, -0.25) is 0 Å². The highest BCUT2D eigenvalue weighted by Crippen LogP contribution is 2.29. The topological polar surface area (TPSA) is 21.3 Å². The van der Waals surface area contributed by atoms with Gasteiger partial charge >= 0.3 is 0 Å². The van der Waals surface area contributed by atoms with Gasteiger partial charge in [-0.1, -0.05) is 11.6 Å². The second-order valence-electron chi connectivity index (χ2n) is 3.79. The molecule has 0 aliphatic carbocycles. The summed E-state index contributed by atoms with van der Waals surface area (Å²) in [4.78, 5) is 0. The summed E-state index contributed by atoms with van der Waals surface area (Å²) in [7, 11) is 0. The van der Waals surface area contributed by atoms with Crippen LogP contribution in [0.15, 0.2) is 16.6 Å². The van der Waals surface area contributed by atoms with Crippen LogP contribution in [-0.2, 0) is 4.74 Å². The molecule has 0 fully saturated rings. The van der Waals surface area contributed by atoms with Crippen molar-refractivity contribution >= 4 is 33.2 Å². The van der Waals surface area contributed by atoms with E-state index in [-0.39, 0.29) is 6.04 Å². The van der Waals surface area contributed by atoms with E-state index in [2.05, 4.69) is 28.2 Å². The van der Waals surface area contributed by atoms with Gasteiger partial charge in [0.25, 0.3) is 0 Å². The molecule has 1 aromatic rings. The molecule has 0 aliphatic rings. The van der Waals surface area contributed by atoms with Gasteiger partial charge in [0, 0.05) is 22.1 Å². The van der Waals surface area contributed by atoms with Gasteiger partial charge in [0.05, 0.1) is 12.3 Å². The molecule has 16 heavy (non-hydrogen) atoms. The smallest absolute Gasteiger partial charge is 0.0664 e. The summed E-state index contributed by atoms with van der Waals surface area (Å²) in [5, 5.41) is 4.13. The van der Waals surface area contributed by atoms with Crippen LogP contribution in [-0.4, -0.2) is 19.3 Å². The minimum absolute atomic E-state index is 0.259. The van der Waals surface area contributed by atoms with Gasteiger partial charge in [-0.05, 0) is 54.4 Å². The summed E-state index contributed by atoms with van der Waals surface area (Å²) in [6.07, 6.45) is 0. The zero-order valence-corrected chi connectivity index (χ0v) is 12.2. The van der Waals surface area contributed by atoms with Gasteiger partial charge in [0.1, 0.15) is 0 Å². The fraction of sp³-hybridized carbons (Fsp3) is 0.500. The lowest BCUT2D eigenvalue weighted by Crippen LogP contribution is -2.21. The van der Waals surface area contributed by atoms with Crippen LogP contribution in [0.2, 0.25) is 5.02 Å². The highest BCUT2D eigenvalue weighted by molar-refractivity contribution is 9.10. The molecule has 0 amide bonds. The van der Waals surface area contributed by atoms with Crippen LogP contribution < -0.4 is 5.32 Å². The Labute approximate surface area is 110 Å². The third-order valence-electron chi connectivity index (χ3n) is 2.22. The quantitative estimate of drug-likeness (QED) is 0.878. The lowest BCUT2D eigenvalue weighted by Gasteiger charge is -2.17. The molecular weight excluding hydrogens is 289 g/mol. The first-order chi connectivity index (χ1) is 7.54. The molecule has 0 aliphatic heterocycles. The third kappa shape index (κ3) is 3.96. The molecule has 1 aromatic carbocycles. The highest BCUT2D eigenvalue weighted by Gasteiger charge is 2.07. The first-order valence-electron chi connectivity index (χ1n) is 5.34. The molecule has 90 valence electrons. The summed E-state index contributed by atoms with van der Waals surface area (Å²) < 4.78 is 6.38. The summed E-state index contributed by atoms with van der Waals surface area (Å²) >= 11 is 9.60. The van der Waals surface area contributed by atoms with Gasteiger partial charge in [0.15, 0.2) is 0 Å². The number of hydrogen-bond acceptors (Lipinski definition) is 2. The lowest BCUT2D eigenvalue weighted by atomic mass is 10.2. The fourth-order valence-electron chi connectivity index (χ4n) is 1.36. The highest BCUT2D eigenvalue weighted by atomic mass is 79.9. The third-order valence-corrected chi connectivity index (χ3v) is 3.29. The maximum Gasteiger partial charge on any atom is 0.0664 e. The lowest BCUT2D eigenvalue weighted by molar-refractivity contribution is 0.141. The van der Waals surface area contributed by atoms with E-state index < -0.39 is 0 Å². The number of rotatable bonds is 5. The Morgan fingerprint density at radius 3 is 2.81 bits per heavy atom. The summed E-state index contributed by atoms with van der Waals surface area (Å²) in [6.45, 7) is 7.48. The summed E-state index contributed by atoms with van der Waals surface area (Å²) in [5.41, 5.74) is 2.07. The van der Waals surface area contributed by atoms with Crippen LogP contribution in [0.1, 0.15) is 19.4 Å². The maximum atomic E-state index is 6.08. The summed E-state index contributed by atoms with van der Waals surface area (Å²) in [6, 6.07) is 4.21. The number of aryl methyl sites for hydroxylation is 1. The standard InChI is InChI=1S/C12H17BrClNO/c1-4-16-7-9(3)15-12-6-11(14)8(2)5-10(12)13/h5-6,9,15H,4,7H2,1-3H3. The van der Waals surface area contributed by atoms with Crippen LogP contribution in [0.3, 0.4) is 0 Å². The zero-order chi connectivity index (χ0) is 12.1. The molecule has 1 unspecified atom stereocenters. The zero-order valence-electron chi connectivity index (χ0n) is 9.81. The largest absolute Gasteiger partial charge is 0.380 e. The Bertz CT molecular complexity index is 357. The maximum absolute atomic E-state index is 6.08. The Balaban J connectivity index is 2.69. The Morgan fingerprint density at radius 1 is 1.50 bits per heavy atom. The normalized spacial score (nSPS) is 12.6. The average Bonchev–Trinajstić information content (AvgIpc) is 2.23. The first-order valence-corrected chi connectivity index (χ1v) is 6.51. The van der Waals surface area contributed by atoms with E-state index in [1.54, 1.807) is 0 Å². The molecule has 4 heteroatoms. The van der Waals surface area contributed by atoms with E-state index in [0.29, 0.717) is 6.61 Å². The van der Waals surface area contributed by atoms with Gasteiger partial charge < -0.3 is 10.1 Å². The Morgan fingerprint density at radius 2 is 2.19 bits per heavy atom. The molecule has 2 nitrogen and oxygen atoms in total. The number of anilines is 1. The molecule has 1 rings (SSSR count). The minimum atomic E-state index is 0.259. The number of nitrogens with one attached hydrogen (secondary N) is 1. The molecule has 0 saturated heterocycles. The molecule has 1 N–H and O–H groups in total. The Hall–Kier alpha value is -0.250. The second-order valence-corrected chi connectivity index (χ2v) is 5.05. The van der Waals surface area contributed by atoms with Crippen molar-refractivity contribution < 1.29 is 4.74 Å². The van der Waals surface area contributed by atoms with Crippen molar-refractivity contribution in [3.8, 4) is 0 Å². The van der Waals surface area contributed by atoms with Gasteiger partial charge in [-0.2, -0.15) is 0 Å². The average molecular weight is 307 g/mol. The van der Waals surface area contributed by atoms with Crippen LogP contribution in [0.5, 0.6) is 0 Å². The van der Waals surface area contributed by atoms with E-state index in [0.717, 1.165) is 27.4 Å². The van der Waals surface area contributed by atoms with Gasteiger partial charge in [-0.25, -0.2) is 0 Å². The van der Waals surface area contributed by atoms with E-state index in [4.69, 9.17) is 16.3 Å². The molecule has 0 saturated carbocycles. The fourth-order valence-corrected chi connectivity index (χ4v) is 2.09. The van der Waals surface area contributed by atoms with Crippen LogP contribution >= 0.6 is 27.5 Å².